The average molecular weight is 238 g/mol. The zero-order chi connectivity index (χ0) is 11.5. The standard InChI is InChI=1S/C11H18N4O2/c1-2-8-16-9(3-1)10-13-14-11(17-10)15-6-4-12-5-7-15/h9,12H,1-8H2. The van der Waals surface area contributed by atoms with Crippen LogP contribution in [0.15, 0.2) is 4.42 Å². The fraction of sp³-hybridized carbons (Fsp3) is 0.818. The second-order valence-electron chi connectivity index (χ2n) is 4.52. The molecule has 3 rings (SSSR count). The van der Waals surface area contributed by atoms with Crippen molar-refractivity contribution in [2.24, 2.45) is 0 Å². The molecule has 1 aromatic heterocycles. The number of nitrogens with one attached hydrogen (secondary N) is 1. The van der Waals surface area contributed by atoms with Gasteiger partial charge in [0.25, 0.3) is 0 Å². The molecule has 17 heavy (non-hydrogen) atoms. The predicted octanol–water partition coefficient (Wildman–Crippen LogP) is 0.721. The van der Waals surface area contributed by atoms with E-state index >= 15 is 0 Å². The third-order valence-electron chi connectivity index (χ3n) is 3.27. The van der Waals surface area contributed by atoms with Gasteiger partial charge in [0.1, 0.15) is 6.10 Å². The molecule has 2 aliphatic heterocycles. The second kappa shape index (κ2) is 5.01. The summed E-state index contributed by atoms with van der Waals surface area (Å²) in [6.45, 7) is 4.59. The summed E-state index contributed by atoms with van der Waals surface area (Å²) in [5, 5.41) is 11.5. The lowest BCUT2D eigenvalue weighted by molar-refractivity contribution is -0.00134. The van der Waals surface area contributed by atoms with Crippen molar-refractivity contribution in [1.29, 1.82) is 0 Å². The van der Waals surface area contributed by atoms with E-state index in [1.807, 2.05) is 0 Å². The molecule has 2 fully saturated rings. The van der Waals surface area contributed by atoms with Crippen molar-refractivity contribution in [2.75, 3.05) is 37.7 Å². The first-order valence-electron chi connectivity index (χ1n) is 6.34. The van der Waals surface area contributed by atoms with Crippen molar-refractivity contribution < 1.29 is 9.15 Å². The first kappa shape index (κ1) is 11.0. The molecular weight excluding hydrogens is 220 g/mol. The normalized spacial score (nSPS) is 26.1. The van der Waals surface area contributed by atoms with Crippen molar-refractivity contribution in [3.8, 4) is 0 Å². The van der Waals surface area contributed by atoms with Crippen molar-refractivity contribution in [2.45, 2.75) is 25.4 Å². The summed E-state index contributed by atoms with van der Waals surface area (Å²) in [5.41, 5.74) is 0. The molecule has 0 bridgehead atoms. The third-order valence-corrected chi connectivity index (χ3v) is 3.27. The summed E-state index contributed by atoms with van der Waals surface area (Å²) in [7, 11) is 0. The fourth-order valence-electron chi connectivity index (χ4n) is 2.28. The van der Waals surface area contributed by atoms with E-state index in [0.29, 0.717) is 11.9 Å². The van der Waals surface area contributed by atoms with Gasteiger partial charge in [-0.1, -0.05) is 5.10 Å². The van der Waals surface area contributed by atoms with Gasteiger partial charge >= 0.3 is 6.01 Å². The van der Waals surface area contributed by atoms with E-state index in [2.05, 4.69) is 20.4 Å². The zero-order valence-electron chi connectivity index (χ0n) is 9.89. The Balaban J connectivity index is 1.68. The maximum absolute atomic E-state index is 5.71. The SMILES string of the molecule is C1CCC(c2nnc(N3CCNCC3)o2)OC1. The Morgan fingerprint density at radius 2 is 2.06 bits per heavy atom. The van der Waals surface area contributed by atoms with Gasteiger partial charge in [-0.05, 0) is 19.3 Å². The highest BCUT2D eigenvalue weighted by atomic mass is 16.5. The van der Waals surface area contributed by atoms with Gasteiger partial charge in [0.15, 0.2) is 0 Å². The number of nitrogens with zero attached hydrogens (tertiary/aromatic N) is 3. The Bertz CT molecular complexity index is 324. The summed E-state index contributed by atoms with van der Waals surface area (Å²) in [6.07, 6.45) is 3.31. The summed E-state index contributed by atoms with van der Waals surface area (Å²) < 4.78 is 11.4. The highest BCUT2D eigenvalue weighted by Gasteiger charge is 2.24. The van der Waals surface area contributed by atoms with Gasteiger partial charge in [-0.3, -0.25) is 0 Å². The van der Waals surface area contributed by atoms with E-state index in [1.165, 1.54) is 6.42 Å². The van der Waals surface area contributed by atoms with E-state index in [9.17, 15) is 0 Å². The Morgan fingerprint density at radius 1 is 1.18 bits per heavy atom. The predicted molar refractivity (Wildman–Crippen MR) is 61.9 cm³/mol. The fourth-order valence-corrected chi connectivity index (χ4v) is 2.28. The number of rotatable bonds is 2. The van der Waals surface area contributed by atoms with Crippen molar-refractivity contribution in [3.63, 3.8) is 0 Å². The highest BCUT2D eigenvalue weighted by Crippen LogP contribution is 2.28. The molecular formula is C11H18N4O2. The van der Waals surface area contributed by atoms with Gasteiger partial charge in [-0.15, -0.1) is 5.10 Å². The van der Waals surface area contributed by atoms with Gasteiger partial charge in [0.05, 0.1) is 0 Å². The number of piperazine rings is 1. The van der Waals surface area contributed by atoms with E-state index in [4.69, 9.17) is 9.15 Å². The summed E-state index contributed by atoms with van der Waals surface area (Å²) >= 11 is 0. The summed E-state index contributed by atoms with van der Waals surface area (Å²) in [6, 6.07) is 0.635. The van der Waals surface area contributed by atoms with Crippen LogP contribution >= 0.6 is 0 Å². The van der Waals surface area contributed by atoms with E-state index in [0.717, 1.165) is 45.6 Å². The molecule has 0 aromatic carbocycles. The molecule has 3 heterocycles. The summed E-state index contributed by atoms with van der Waals surface area (Å²) in [5.74, 6) is 0.637. The molecule has 2 saturated heterocycles. The van der Waals surface area contributed by atoms with Crippen LogP contribution in [0.2, 0.25) is 0 Å². The average Bonchev–Trinajstić information content (AvgIpc) is 2.90. The van der Waals surface area contributed by atoms with Gasteiger partial charge in [0, 0.05) is 32.8 Å². The third kappa shape index (κ3) is 2.42. The van der Waals surface area contributed by atoms with Gasteiger partial charge in [-0.25, -0.2) is 0 Å². The Kier molecular flexibility index (Phi) is 3.24. The van der Waals surface area contributed by atoms with Crippen molar-refractivity contribution in [3.05, 3.63) is 5.89 Å². The molecule has 6 heteroatoms. The van der Waals surface area contributed by atoms with Crippen molar-refractivity contribution in [1.82, 2.24) is 15.5 Å². The minimum atomic E-state index is 0.00733. The number of hydrogen-bond donors (Lipinski definition) is 1. The van der Waals surface area contributed by atoms with Crippen LogP contribution in [-0.2, 0) is 4.74 Å². The van der Waals surface area contributed by atoms with Crippen LogP contribution < -0.4 is 10.2 Å². The molecule has 0 spiro atoms. The quantitative estimate of drug-likeness (QED) is 0.819. The number of anilines is 1. The second-order valence-corrected chi connectivity index (χ2v) is 4.52. The van der Waals surface area contributed by atoms with Crippen LogP contribution in [0.5, 0.6) is 0 Å². The molecule has 1 atom stereocenters. The van der Waals surface area contributed by atoms with Crippen LogP contribution in [0.3, 0.4) is 0 Å². The van der Waals surface area contributed by atoms with E-state index in [-0.39, 0.29) is 6.10 Å². The van der Waals surface area contributed by atoms with Crippen LogP contribution in [-0.4, -0.2) is 43.0 Å². The van der Waals surface area contributed by atoms with Crippen LogP contribution in [0.1, 0.15) is 31.3 Å². The first-order chi connectivity index (χ1) is 8.43. The molecule has 0 aliphatic carbocycles. The van der Waals surface area contributed by atoms with Gasteiger partial charge in [-0.2, -0.15) is 0 Å². The van der Waals surface area contributed by atoms with Crippen LogP contribution in [0.25, 0.3) is 0 Å². The monoisotopic (exact) mass is 238 g/mol. The maximum Gasteiger partial charge on any atom is 0.318 e. The van der Waals surface area contributed by atoms with Crippen LogP contribution in [0.4, 0.5) is 6.01 Å². The Labute approximate surface area is 100 Å². The minimum absolute atomic E-state index is 0.00733. The molecule has 6 nitrogen and oxygen atoms in total. The lowest BCUT2D eigenvalue weighted by atomic mass is 10.1. The minimum Gasteiger partial charge on any atom is -0.405 e. The lowest BCUT2D eigenvalue weighted by Gasteiger charge is -2.25. The number of hydrogen-bond acceptors (Lipinski definition) is 6. The Hall–Kier alpha value is -1.14. The lowest BCUT2D eigenvalue weighted by Crippen LogP contribution is -2.43. The Morgan fingerprint density at radius 3 is 2.82 bits per heavy atom. The highest BCUT2D eigenvalue weighted by molar-refractivity contribution is 5.25. The van der Waals surface area contributed by atoms with Gasteiger partial charge in [0.2, 0.25) is 5.89 Å². The molecule has 2 aliphatic rings. The smallest absolute Gasteiger partial charge is 0.318 e. The van der Waals surface area contributed by atoms with Gasteiger partial charge < -0.3 is 19.4 Å². The van der Waals surface area contributed by atoms with Crippen LogP contribution in [0, 0.1) is 0 Å². The summed E-state index contributed by atoms with van der Waals surface area (Å²) in [4.78, 5) is 2.12. The van der Waals surface area contributed by atoms with Crippen molar-refractivity contribution >= 4 is 6.01 Å². The number of aromatic nitrogens is 2. The molecule has 1 N–H and O–H groups in total. The zero-order valence-corrected chi connectivity index (χ0v) is 9.89. The maximum atomic E-state index is 5.71. The molecule has 0 saturated carbocycles. The first-order valence-corrected chi connectivity index (χ1v) is 6.34. The number of ether oxygens (including phenoxy) is 1. The topological polar surface area (TPSA) is 63.4 Å². The molecule has 1 unspecified atom stereocenters. The molecule has 94 valence electrons. The largest absolute Gasteiger partial charge is 0.405 e. The molecule has 0 radical (unpaired) electrons. The molecule has 1 aromatic rings. The molecule has 0 amide bonds. The van der Waals surface area contributed by atoms with E-state index in [1.54, 1.807) is 0 Å². The van der Waals surface area contributed by atoms with E-state index < -0.39 is 0 Å².